The van der Waals surface area contributed by atoms with Crippen molar-refractivity contribution in [3.63, 3.8) is 0 Å². The molecule has 1 fully saturated rings. The number of ether oxygens (including phenoxy) is 1. The summed E-state index contributed by atoms with van der Waals surface area (Å²) in [4.78, 5) is 28.9. The van der Waals surface area contributed by atoms with Crippen molar-refractivity contribution in [2.45, 2.75) is 37.5 Å². The number of fused-ring (bicyclic) bond motifs is 1. The largest absolute Gasteiger partial charge is 0.493 e. The van der Waals surface area contributed by atoms with E-state index in [-0.39, 0.29) is 0 Å². The second-order valence-electron chi connectivity index (χ2n) is 9.14. The average Bonchev–Trinajstić information content (AvgIpc) is 2.93. The highest BCUT2D eigenvalue weighted by molar-refractivity contribution is 8.13. The van der Waals surface area contributed by atoms with Crippen molar-refractivity contribution < 1.29 is 33.3 Å². The van der Waals surface area contributed by atoms with Crippen LogP contribution in [0.3, 0.4) is 0 Å². The van der Waals surface area contributed by atoms with Crippen LogP contribution in [0.1, 0.15) is 31.2 Å². The van der Waals surface area contributed by atoms with E-state index in [9.17, 15) is 18.4 Å². The van der Waals surface area contributed by atoms with Gasteiger partial charge in [-0.05, 0) is 56.0 Å². The van der Waals surface area contributed by atoms with Gasteiger partial charge in [0, 0.05) is 50.2 Å². The molecule has 0 aromatic heterocycles. The zero-order chi connectivity index (χ0) is 28.2. The number of halogens is 2. The Morgan fingerprint density at radius 1 is 1.08 bits per heavy atom. The molecule has 0 atom stereocenters. The minimum Gasteiger partial charge on any atom is -0.493 e. The zero-order valence-corrected chi connectivity index (χ0v) is 22.6. The third kappa shape index (κ3) is 9.99. The predicted molar refractivity (Wildman–Crippen MR) is 148 cm³/mol. The average molecular weight is 562 g/mol. The van der Waals surface area contributed by atoms with Crippen molar-refractivity contribution in [3.05, 3.63) is 71.8 Å². The van der Waals surface area contributed by atoms with Crippen LogP contribution >= 0.6 is 11.8 Å². The molecule has 210 valence electrons. The number of thioether (sulfide) groups is 1. The fourth-order valence-corrected chi connectivity index (χ4v) is 5.27. The van der Waals surface area contributed by atoms with Gasteiger partial charge in [0.2, 0.25) is 0 Å². The Morgan fingerprint density at radius 3 is 2.44 bits per heavy atom. The van der Waals surface area contributed by atoms with Gasteiger partial charge in [0.1, 0.15) is 5.75 Å². The predicted octanol–water partition coefficient (Wildman–Crippen LogP) is 5.17. The van der Waals surface area contributed by atoms with Crippen molar-refractivity contribution in [2.24, 2.45) is 4.99 Å². The van der Waals surface area contributed by atoms with Crippen LogP contribution in [-0.2, 0) is 15.3 Å². The molecule has 2 aliphatic heterocycles. The van der Waals surface area contributed by atoms with Crippen molar-refractivity contribution in [1.82, 2.24) is 9.80 Å². The van der Waals surface area contributed by atoms with Crippen LogP contribution < -0.4 is 4.74 Å². The number of aliphatic imine (C=N–C) groups is 1. The molecule has 2 aromatic carbocycles. The normalized spacial score (nSPS) is 15.6. The fourth-order valence-electron chi connectivity index (χ4n) is 4.22. The van der Waals surface area contributed by atoms with E-state index in [1.807, 2.05) is 11.8 Å². The van der Waals surface area contributed by atoms with Crippen LogP contribution in [0.2, 0.25) is 0 Å². The minimum absolute atomic E-state index is 0.383. The molecule has 1 saturated heterocycles. The number of carboxylic acid groups (broad SMARTS) is 2. The Labute approximate surface area is 231 Å². The van der Waals surface area contributed by atoms with Gasteiger partial charge < -0.3 is 24.7 Å². The van der Waals surface area contributed by atoms with Gasteiger partial charge in [-0.15, -0.1) is 0 Å². The fraction of sp³-hybridized carbons (Fsp3) is 0.393. The second-order valence-corrected chi connectivity index (χ2v) is 10.1. The van der Waals surface area contributed by atoms with Gasteiger partial charge >= 0.3 is 11.9 Å². The molecule has 2 aliphatic rings. The van der Waals surface area contributed by atoms with Crippen molar-refractivity contribution in [2.75, 3.05) is 33.3 Å². The van der Waals surface area contributed by atoms with E-state index in [1.54, 1.807) is 0 Å². The van der Waals surface area contributed by atoms with E-state index in [0.717, 1.165) is 74.1 Å². The number of nitrogens with zero attached hydrogens (tertiary/aromatic N) is 3. The van der Waals surface area contributed by atoms with E-state index in [4.69, 9.17) is 19.9 Å². The molecule has 0 unspecified atom stereocenters. The minimum atomic E-state index is -1.26. The third-order valence-corrected chi connectivity index (χ3v) is 7.46. The zero-order valence-electron chi connectivity index (χ0n) is 21.8. The second kappa shape index (κ2) is 15.2. The Balaban J connectivity index is 0.000000459. The number of carbonyl (C=O) groups is 2. The number of para-hydroxylation sites is 1. The number of hydrogen-bond acceptors (Lipinski definition) is 7. The number of benzene rings is 2. The molecule has 8 nitrogen and oxygen atoms in total. The molecule has 39 heavy (non-hydrogen) atoms. The van der Waals surface area contributed by atoms with E-state index in [2.05, 4.69) is 41.1 Å². The highest BCUT2D eigenvalue weighted by Gasteiger charge is 2.26. The number of carboxylic acids is 2. The van der Waals surface area contributed by atoms with E-state index < -0.39 is 23.6 Å². The molecule has 0 aliphatic carbocycles. The van der Waals surface area contributed by atoms with E-state index >= 15 is 0 Å². The maximum absolute atomic E-state index is 13.2. The van der Waals surface area contributed by atoms with E-state index in [0.29, 0.717) is 30.6 Å². The quantitative estimate of drug-likeness (QED) is 0.320. The number of unbranched alkanes of at least 4 members (excludes halogenated alkanes) is 1. The summed E-state index contributed by atoms with van der Waals surface area (Å²) >= 11 is 1.83. The van der Waals surface area contributed by atoms with Gasteiger partial charge in [0.15, 0.2) is 16.8 Å². The first-order valence-corrected chi connectivity index (χ1v) is 13.7. The Morgan fingerprint density at radius 2 is 1.77 bits per heavy atom. The van der Waals surface area contributed by atoms with Gasteiger partial charge in [-0.3, -0.25) is 0 Å². The van der Waals surface area contributed by atoms with Gasteiger partial charge in [-0.25, -0.2) is 23.4 Å². The maximum Gasteiger partial charge on any atom is 0.328 e. The number of rotatable bonds is 9. The Kier molecular flexibility index (Phi) is 11.8. The molecule has 11 heteroatoms. The molecule has 2 heterocycles. The lowest BCUT2D eigenvalue weighted by Crippen LogP contribution is -2.45. The van der Waals surface area contributed by atoms with Crippen molar-refractivity contribution in [1.29, 1.82) is 0 Å². The molecule has 2 N–H and O–H groups in total. The summed E-state index contributed by atoms with van der Waals surface area (Å²) in [5, 5.41) is 16.8. The first-order valence-electron chi connectivity index (χ1n) is 12.7. The topological polar surface area (TPSA) is 103 Å². The molecular weight excluding hydrogens is 528 g/mol. The highest BCUT2D eigenvalue weighted by Crippen LogP contribution is 2.33. The van der Waals surface area contributed by atoms with E-state index in [1.165, 1.54) is 11.6 Å². The summed E-state index contributed by atoms with van der Waals surface area (Å²) in [5.74, 6) is -2.86. The van der Waals surface area contributed by atoms with Crippen LogP contribution in [0.25, 0.3) is 0 Å². The summed E-state index contributed by atoms with van der Waals surface area (Å²) in [7, 11) is 2.18. The number of likely N-dealkylation sites (tertiary alicyclic amines) is 1. The summed E-state index contributed by atoms with van der Waals surface area (Å²) in [6.45, 7) is 3.74. The smallest absolute Gasteiger partial charge is 0.328 e. The van der Waals surface area contributed by atoms with Gasteiger partial charge in [0.05, 0.1) is 12.3 Å². The summed E-state index contributed by atoms with van der Waals surface area (Å²) < 4.78 is 31.7. The number of amidine groups is 1. The standard InChI is InChI=1S/C24H29F2N3OS.C4H4O4/c1-28(24-27-23-7-3-2-6-18(23)17-31-24)19-10-13-29(14-11-19)12-4-5-15-30-20-8-9-21(25)22(26)16-20;5-3(6)1-2-4(7)8/h2-3,6-9,16,19H,4-5,10-15,17H2,1H3;1-2H,(H,5,6)(H,7,8)/b;2-1-. The molecule has 0 bridgehead atoms. The van der Waals surface area contributed by atoms with Gasteiger partial charge in [-0.1, -0.05) is 30.0 Å². The number of aliphatic carboxylic acids is 2. The summed E-state index contributed by atoms with van der Waals surface area (Å²) in [6.07, 6.45) is 5.33. The molecule has 0 spiro atoms. The molecule has 0 amide bonds. The first kappa shape index (κ1) is 30.1. The van der Waals surface area contributed by atoms with Crippen LogP contribution in [-0.4, -0.2) is 76.4 Å². The number of piperidine rings is 1. The molecular formula is C28H33F2N3O5S. The van der Waals surface area contributed by atoms with Crippen LogP contribution in [0.4, 0.5) is 14.5 Å². The molecule has 4 rings (SSSR count). The monoisotopic (exact) mass is 561 g/mol. The van der Waals surface area contributed by atoms with Crippen LogP contribution in [0.15, 0.2) is 59.6 Å². The summed E-state index contributed by atoms with van der Waals surface area (Å²) in [6, 6.07) is 12.6. The lowest BCUT2D eigenvalue weighted by atomic mass is 10.0. The van der Waals surface area contributed by atoms with Gasteiger partial charge in [-0.2, -0.15) is 0 Å². The SMILES string of the molecule is CN(C1=Nc2ccccc2CS1)C1CCN(CCCCOc2ccc(F)c(F)c2)CC1.O=C(O)/C=C\C(=O)O. The van der Waals surface area contributed by atoms with Crippen molar-refractivity contribution >= 4 is 34.6 Å². The molecule has 0 saturated carbocycles. The summed E-state index contributed by atoms with van der Waals surface area (Å²) in [5.41, 5.74) is 2.42. The molecule has 2 aromatic rings. The third-order valence-electron chi connectivity index (χ3n) is 6.37. The van der Waals surface area contributed by atoms with Gasteiger partial charge in [0.25, 0.3) is 0 Å². The van der Waals surface area contributed by atoms with Crippen LogP contribution in [0, 0.1) is 11.6 Å². The van der Waals surface area contributed by atoms with Crippen LogP contribution in [0.5, 0.6) is 5.75 Å². The maximum atomic E-state index is 13.2. The number of hydrogen-bond donors (Lipinski definition) is 2. The Bertz CT molecular complexity index is 1170. The lowest BCUT2D eigenvalue weighted by Gasteiger charge is -2.38. The Hall–Kier alpha value is -3.44. The molecule has 0 radical (unpaired) electrons. The lowest BCUT2D eigenvalue weighted by molar-refractivity contribution is -0.134. The highest BCUT2D eigenvalue weighted by atomic mass is 32.2. The first-order chi connectivity index (χ1) is 18.7. The van der Waals surface area contributed by atoms with Crippen molar-refractivity contribution in [3.8, 4) is 5.75 Å².